The number of carbonyl (C=O) groups excluding carboxylic acids is 1. The van der Waals surface area contributed by atoms with Crippen LogP contribution in [0, 0.1) is 6.92 Å². The van der Waals surface area contributed by atoms with E-state index in [1.54, 1.807) is 0 Å². The summed E-state index contributed by atoms with van der Waals surface area (Å²) in [5.41, 5.74) is 5.50. The molecule has 26 heavy (non-hydrogen) atoms. The molecule has 3 aromatic rings. The fourth-order valence-corrected chi connectivity index (χ4v) is 3.33. The van der Waals surface area contributed by atoms with Crippen LogP contribution in [0.2, 0.25) is 0 Å². The monoisotopic (exact) mass is 352 g/mol. The van der Waals surface area contributed by atoms with Gasteiger partial charge in [0.1, 0.15) is 5.65 Å². The van der Waals surface area contributed by atoms with Crippen molar-refractivity contribution in [2.75, 3.05) is 6.61 Å². The molecule has 1 aliphatic carbocycles. The van der Waals surface area contributed by atoms with Crippen molar-refractivity contribution in [3.63, 3.8) is 0 Å². The molecule has 6 heteroatoms. The van der Waals surface area contributed by atoms with Gasteiger partial charge in [0, 0.05) is 25.0 Å². The number of fused-ring (bicyclic) bond motifs is 1. The van der Waals surface area contributed by atoms with Crippen LogP contribution in [0.3, 0.4) is 0 Å². The average molecular weight is 352 g/mol. The van der Waals surface area contributed by atoms with Gasteiger partial charge in [-0.3, -0.25) is 9.48 Å². The molecule has 0 bridgehead atoms. The highest BCUT2D eigenvalue weighted by Gasteiger charge is 2.25. The molecule has 1 saturated carbocycles. The second-order valence-electron chi connectivity index (χ2n) is 7.06. The molecular formula is C20H24N4O2. The summed E-state index contributed by atoms with van der Waals surface area (Å²) < 4.78 is 9.09. The van der Waals surface area contributed by atoms with E-state index in [1.165, 1.54) is 18.4 Å². The SMILES string of the molecule is CCOC(=O)CCc1cc(C2CC2)cn2cc(Cn3cc(C)cn3)nc12. The average Bonchev–Trinajstić information content (AvgIpc) is 3.27. The number of hydrogen-bond donors (Lipinski definition) is 0. The van der Waals surface area contributed by atoms with E-state index in [1.807, 2.05) is 30.9 Å². The number of ether oxygens (including phenoxy) is 1. The Morgan fingerprint density at radius 1 is 1.31 bits per heavy atom. The highest BCUT2D eigenvalue weighted by molar-refractivity contribution is 5.70. The Bertz CT molecular complexity index is 937. The van der Waals surface area contributed by atoms with Gasteiger partial charge in [0.2, 0.25) is 0 Å². The van der Waals surface area contributed by atoms with Gasteiger partial charge in [-0.05, 0) is 55.7 Å². The third-order valence-corrected chi connectivity index (χ3v) is 4.74. The third kappa shape index (κ3) is 3.64. The first-order valence-corrected chi connectivity index (χ1v) is 9.27. The Morgan fingerprint density at radius 3 is 2.85 bits per heavy atom. The van der Waals surface area contributed by atoms with E-state index in [0.717, 1.165) is 22.5 Å². The Balaban J connectivity index is 1.63. The summed E-state index contributed by atoms with van der Waals surface area (Å²) >= 11 is 0. The molecule has 0 N–H and O–H groups in total. The van der Waals surface area contributed by atoms with Crippen molar-refractivity contribution in [1.82, 2.24) is 19.2 Å². The van der Waals surface area contributed by atoms with Gasteiger partial charge in [0.15, 0.2) is 0 Å². The smallest absolute Gasteiger partial charge is 0.306 e. The largest absolute Gasteiger partial charge is 0.466 e. The lowest BCUT2D eigenvalue weighted by molar-refractivity contribution is -0.143. The molecule has 1 fully saturated rings. The predicted octanol–water partition coefficient (Wildman–Crippen LogP) is 3.26. The minimum Gasteiger partial charge on any atom is -0.466 e. The summed E-state index contributed by atoms with van der Waals surface area (Å²) in [6.45, 7) is 4.93. The minimum atomic E-state index is -0.152. The molecule has 0 radical (unpaired) electrons. The van der Waals surface area contributed by atoms with Gasteiger partial charge < -0.3 is 9.14 Å². The van der Waals surface area contributed by atoms with Crippen LogP contribution >= 0.6 is 0 Å². The first-order chi connectivity index (χ1) is 12.6. The van der Waals surface area contributed by atoms with Gasteiger partial charge >= 0.3 is 5.97 Å². The van der Waals surface area contributed by atoms with E-state index >= 15 is 0 Å². The molecule has 0 saturated heterocycles. The van der Waals surface area contributed by atoms with Gasteiger partial charge in [-0.2, -0.15) is 5.10 Å². The zero-order valence-corrected chi connectivity index (χ0v) is 15.3. The maximum absolute atomic E-state index is 11.8. The number of imidazole rings is 1. The molecule has 0 amide bonds. The topological polar surface area (TPSA) is 61.4 Å². The first-order valence-electron chi connectivity index (χ1n) is 9.27. The molecule has 0 aromatic carbocycles. The van der Waals surface area contributed by atoms with Crippen molar-refractivity contribution < 1.29 is 9.53 Å². The second kappa shape index (κ2) is 6.94. The lowest BCUT2D eigenvalue weighted by atomic mass is 10.1. The van der Waals surface area contributed by atoms with Crippen molar-refractivity contribution in [2.45, 2.75) is 52.0 Å². The number of hydrogen-bond acceptors (Lipinski definition) is 4. The molecule has 1 aliphatic rings. The number of esters is 1. The van der Waals surface area contributed by atoms with E-state index in [0.29, 0.717) is 31.9 Å². The Kier molecular flexibility index (Phi) is 4.49. The zero-order valence-electron chi connectivity index (χ0n) is 15.3. The number of carbonyl (C=O) groups is 1. The van der Waals surface area contributed by atoms with E-state index < -0.39 is 0 Å². The van der Waals surface area contributed by atoms with Crippen LogP contribution < -0.4 is 0 Å². The highest BCUT2D eigenvalue weighted by Crippen LogP contribution is 2.40. The number of pyridine rings is 1. The molecule has 4 rings (SSSR count). The van der Waals surface area contributed by atoms with Crippen LogP contribution in [0.15, 0.2) is 30.9 Å². The van der Waals surface area contributed by atoms with Crippen LogP contribution in [-0.2, 0) is 22.5 Å². The van der Waals surface area contributed by atoms with Crippen LogP contribution in [0.4, 0.5) is 0 Å². The maximum atomic E-state index is 11.8. The molecule has 0 aliphatic heterocycles. The Labute approximate surface area is 152 Å². The van der Waals surface area contributed by atoms with Gasteiger partial charge in [-0.25, -0.2) is 4.98 Å². The van der Waals surface area contributed by atoms with Crippen molar-refractivity contribution in [3.05, 3.63) is 53.2 Å². The van der Waals surface area contributed by atoms with Crippen LogP contribution in [0.5, 0.6) is 0 Å². The van der Waals surface area contributed by atoms with Gasteiger partial charge in [0.05, 0.1) is 25.0 Å². The lowest BCUT2D eigenvalue weighted by Gasteiger charge is -2.07. The number of rotatable bonds is 7. The standard InChI is InChI=1S/C20H24N4O2/c1-3-26-19(25)7-6-16-8-17(15-4-5-15)11-23-12-18(22-20(16)23)13-24-10-14(2)9-21-24/h8-12,15H,3-7,13H2,1-2H3. The lowest BCUT2D eigenvalue weighted by Crippen LogP contribution is -2.06. The summed E-state index contributed by atoms with van der Waals surface area (Å²) in [6, 6.07) is 2.22. The Morgan fingerprint density at radius 2 is 2.15 bits per heavy atom. The first kappa shape index (κ1) is 16.8. The normalized spacial score (nSPS) is 14.1. The van der Waals surface area contributed by atoms with Crippen molar-refractivity contribution >= 4 is 11.6 Å². The Hall–Kier alpha value is -2.63. The van der Waals surface area contributed by atoms with E-state index in [9.17, 15) is 4.79 Å². The van der Waals surface area contributed by atoms with Crippen LogP contribution in [0.25, 0.3) is 5.65 Å². The quantitative estimate of drug-likeness (QED) is 0.612. The van der Waals surface area contributed by atoms with Gasteiger partial charge in [-0.15, -0.1) is 0 Å². The summed E-state index contributed by atoms with van der Waals surface area (Å²) in [5, 5.41) is 4.35. The minimum absolute atomic E-state index is 0.152. The van der Waals surface area contributed by atoms with Crippen molar-refractivity contribution in [2.24, 2.45) is 0 Å². The molecule has 0 spiro atoms. The zero-order chi connectivity index (χ0) is 18.1. The fourth-order valence-electron chi connectivity index (χ4n) is 3.33. The predicted molar refractivity (Wildman–Crippen MR) is 98.2 cm³/mol. The second-order valence-corrected chi connectivity index (χ2v) is 7.06. The summed E-state index contributed by atoms with van der Waals surface area (Å²) in [6.07, 6.45) is 11.7. The molecule has 0 unspecified atom stereocenters. The molecule has 0 atom stereocenters. The molecular weight excluding hydrogens is 328 g/mol. The van der Waals surface area contributed by atoms with Gasteiger partial charge in [-0.1, -0.05) is 6.07 Å². The van der Waals surface area contributed by atoms with Crippen LogP contribution in [-0.4, -0.2) is 31.7 Å². The number of aromatic nitrogens is 4. The van der Waals surface area contributed by atoms with Crippen molar-refractivity contribution in [1.29, 1.82) is 0 Å². The van der Waals surface area contributed by atoms with Crippen LogP contribution in [0.1, 0.15) is 54.5 Å². The summed E-state index contributed by atoms with van der Waals surface area (Å²) in [5.74, 6) is 0.502. The van der Waals surface area contributed by atoms with Crippen molar-refractivity contribution in [3.8, 4) is 0 Å². The molecule has 3 heterocycles. The van der Waals surface area contributed by atoms with E-state index in [-0.39, 0.29) is 5.97 Å². The van der Waals surface area contributed by atoms with E-state index in [2.05, 4.69) is 28.0 Å². The molecule has 3 aromatic heterocycles. The molecule has 136 valence electrons. The van der Waals surface area contributed by atoms with Gasteiger partial charge in [0.25, 0.3) is 0 Å². The maximum Gasteiger partial charge on any atom is 0.306 e. The van der Waals surface area contributed by atoms with E-state index in [4.69, 9.17) is 9.72 Å². The summed E-state index contributed by atoms with van der Waals surface area (Å²) in [4.78, 5) is 16.6. The fraction of sp³-hybridized carbons (Fsp3) is 0.450. The summed E-state index contributed by atoms with van der Waals surface area (Å²) in [7, 11) is 0. The third-order valence-electron chi connectivity index (χ3n) is 4.74. The number of nitrogens with zero attached hydrogens (tertiary/aromatic N) is 4. The molecule has 6 nitrogen and oxygen atoms in total. The highest BCUT2D eigenvalue weighted by atomic mass is 16.5. The number of aryl methyl sites for hydroxylation is 2.